The Morgan fingerprint density at radius 1 is 1.10 bits per heavy atom. The fraction of sp³-hybridized carbons (Fsp3) is 0.182. The first-order valence-electron chi connectivity index (χ1n) is 4.83. The van der Waals surface area contributed by atoms with Gasteiger partial charge in [0.05, 0.1) is 5.56 Å². The summed E-state index contributed by atoms with van der Waals surface area (Å²) in [5.74, 6) is -2.57. The molecular weight excluding hydrogens is 310 g/mol. The molecule has 9 heteroatoms. The van der Waals surface area contributed by atoms with Gasteiger partial charge < -0.3 is 4.74 Å². The van der Waals surface area contributed by atoms with Crippen molar-refractivity contribution < 1.29 is 35.9 Å². The van der Waals surface area contributed by atoms with E-state index in [2.05, 4.69) is 23.9 Å². The zero-order valence-corrected chi connectivity index (χ0v) is 10.4. The summed E-state index contributed by atoms with van der Waals surface area (Å²) in [5, 5.41) is 0. The Morgan fingerprint density at radius 3 is 2.00 bits per heavy atom. The lowest BCUT2D eigenvalue weighted by molar-refractivity contribution is -0.165. The number of carbonyl (C=O) groups is 1. The van der Waals surface area contributed by atoms with Crippen molar-refractivity contribution in [2.75, 3.05) is 0 Å². The molecule has 0 fully saturated rings. The maximum absolute atomic E-state index is 12.8. The van der Waals surface area contributed by atoms with Crippen LogP contribution < -0.4 is 4.74 Å². The highest BCUT2D eigenvalue weighted by molar-refractivity contribution is 7.80. The van der Waals surface area contributed by atoms with Gasteiger partial charge in [0.15, 0.2) is 0 Å². The molecule has 0 radical (unpaired) electrons. The molecule has 0 bridgehead atoms. The molecule has 0 amide bonds. The van der Waals surface area contributed by atoms with Gasteiger partial charge in [0, 0.05) is 11.0 Å². The SMILES string of the molecule is C=CC(=O)Oc1ccc(S)c(C(F)(F)F)c1C(F)(F)F. The lowest BCUT2D eigenvalue weighted by Crippen LogP contribution is -2.20. The van der Waals surface area contributed by atoms with Gasteiger partial charge in [-0.3, -0.25) is 0 Å². The fourth-order valence-corrected chi connectivity index (χ4v) is 1.69. The number of carbonyl (C=O) groups excluding carboxylic acids is 1. The normalized spacial score (nSPS) is 12.2. The summed E-state index contributed by atoms with van der Waals surface area (Å²) in [6.07, 6.45) is -10.2. The summed E-state index contributed by atoms with van der Waals surface area (Å²) in [7, 11) is 0. The van der Waals surface area contributed by atoms with E-state index in [9.17, 15) is 31.1 Å². The zero-order valence-electron chi connectivity index (χ0n) is 9.47. The van der Waals surface area contributed by atoms with Crippen molar-refractivity contribution >= 4 is 18.6 Å². The molecule has 0 aliphatic rings. The van der Waals surface area contributed by atoms with Gasteiger partial charge >= 0.3 is 18.3 Å². The molecule has 0 spiro atoms. The average molecular weight is 316 g/mol. The van der Waals surface area contributed by atoms with Gasteiger partial charge in [-0.05, 0) is 12.1 Å². The van der Waals surface area contributed by atoms with E-state index in [0.29, 0.717) is 18.2 Å². The summed E-state index contributed by atoms with van der Waals surface area (Å²) in [6, 6.07) is 1.24. The molecule has 0 atom stereocenters. The number of ether oxygens (including phenoxy) is 1. The average Bonchev–Trinajstić information content (AvgIpc) is 2.27. The van der Waals surface area contributed by atoms with Crippen LogP contribution in [-0.4, -0.2) is 5.97 Å². The van der Waals surface area contributed by atoms with Crippen molar-refractivity contribution in [3.63, 3.8) is 0 Å². The molecule has 20 heavy (non-hydrogen) atoms. The second kappa shape index (κ2) is 5.39. The number of halogens is 6. The third-order valence-corrected chi connectivity index (χ3v) is 2.46. The summed E-state index contributed by atoms with van der Waals surface area (Å²) in [6.45, 7) is 2.94. The first-order chi connectivity index (χ1) is 8.98. The van der Waals surface area contributed by atoms with E-state index in [1.807, 2.05) is 0 Å². The minimum Gasteiger partial charge on any atom is -0.423 e. The van der Waals surface area contributed by atoms with Crippen LogP contribution in [-0.2, 0) is 17.1 Å². The van der Waals surface area contributed by atoms with Crippen LogP contribution in [0.5, 0.6) is 5.75 Å². The minimum absolute atomic E-state index is 0.530. The lowest BCUT2D eigenvalue weighted by Gasteiger charge is -2.19. The van der Waals surface area contributed by atoms with Crippen LogP contribution in [0.2, 0.25) is 0 Å². The summed E-state index contributed by atoms with van der Waals surface area (Å²) in [5.41, 5.74) is -4.12. The second-order valence-corrected chi connectivity index (χ2v) is 3.94. The highest BCUT2D eigenvalue weighted by Crippen LogP contribution is 2.47. The van der Waals surface area contributed by atoms with Crippen molar-refractivity contribution in [1.29, 1.82) is 0 Å². The number of benzene rings is 1. The number of hydrogen-bond donors (Lipinski definition) is 1. The van der Waals surface area contributed by atoms with Gasteiger partial charge in [-0.1, -0.05) is 6.58 Å². The Kier molecular flexibility index (Phi) is 4.42. The smallest absolute Gasteiger partial charge is 0.420 e. The topological polar surface area (TPSA) is 26.3 Å². The van der Waals surface area contributed by atoms with Crippen molar-refractivity contribution in [2.24, 2.45) is 0 Å². The number of thiol groups is 1. The lowest BCUT2D eigenvalue weighted by atomic mass is 10.1. The third-order valence-electron chi connectivity index (χ3n) is 2.09. The van der Waals surface area contributed by atoms with E-state index in [1.165, 1.54) is 0 Å². The summed E-state index contributed by atoms with van der Waals surface area (Å²) < 4.78 is 80.9. The molecule has 0 heterocycles. The van der Waals surface area contributed by atoms with Crippen LogP contribution in [0.15, 0.2) is 29.7 Å². The molecule has 1 aromatic carbocycles. The minimum atomic E-state index is -5.37. The van der Waals surface area contributed by atoms with Crippen LogP contribution in [0, 0.1) is 0 Å². The molecule has 110 valence electrons. The highest BCUT2D eigenvalue weighted by atomic mass is 32.1. The molecule has 1 rings (SSSR count). The Labute approximate surface area is 114 Å². The monoisotopic (exact) mass is 316 g/mol. The summed E-state index contributed by atoms with van der Waals surface area (Å²) >= 11 is 3.37. The Morgan fingerprint density at radius 2 is 1.60 bits per heavy atom. The van der Waals surface area contributed by atoms with Gasteiger partial charge in [0.2, 0.25) is 0 Å². The zero-order chi connectivity index (χ0) is 15.7. The van der Waals surface area contributed by atoms with E-state index in [-0.39, 0.29) is 0 Å². The number of hydrogen-bond acceptors (Lipinski definition) is 3. The number of rotatable bonds is 2. The van der Waals surface area contributed by atoms with Crippen LogP contribution in [0.25, 0.3) is 0 Å². The summed E-state index contributed by atoms with van der Waals surface area (Å²) in [4.78, 5) is 9.97. The molecule has 0 aliphatic heterocycles. The predicted molar refractivity (Wildman–Crippen MR) is 59.5 cm³/mol. The third kappa shape index (κ3) is 3.47. The quantitative estimate of drug-likeness (QED) is 0.292. The van der Waals surface area contributed by atoms with Crippen molar-refractivity contribution in [3.05, 3.63) is 35.9 Å². The van der Waals surface area contributed by atoms with Gasteiger partial charge in [-0.2, -0.15) is 26.3 Å². The van der Waals surface area contributed by atoms with Crippen LogP contribution in [0.4, 0.5) is 26.3 Å². The van der Waals surface area contributed by atoms with E-state index < -0.39 is 40.1 Å². The second-order valence-electron chi connectivity index (χ2n) is 3.45. The van der Waals surface area contributed by atoms with Crippen LogP contribution >= 0.6 is 12.6 Å². The molecule has 0 saturated heterocycles. The van der Waals surface area contributed by atoms with Crippen molar-refractivity contribution in [3.8, 4) is 5.75 Å². The first-order valence-corrected chi connectivity index (χ1v) is 5.27. The van der Waals surface area contributed by atoms with Gasteiger partial charge in [0.1, 0.15) is 11.3 Å². The Balaban J connectivity index is 3.63. The fourth-order valence-electron chi connectivity index (χ4n) is 1.38. The van der Waals surface area contributed by atoms with Crippen LogP contribution in [0.1, 0.15) is 11.1 Å². The molecule has 0 unspecified atom stereocenters. The Bertz CT molecular complexity index is 547. The van der Waals surface area contributed by atoms with E-state index in [4.69, 9.17) is 0 Å². The van der Waals surface area contributed by atoms with E-state index in [1.54, 1.807) is 0 Å². The largest absolute Gasteiger partial charge is 0.423 e. The highest BCUT2D eigenvalue weighted by Gasteiger charge is 2.47. The molecule has 0 N–H and O–H groups in total. The Hall–Kier alpha value is -1.64. The predicted octanol–water partition coefficient (Wildman–Crippen LogP) is 4.10. The van der Waals surface area contributed by atoms with Gasteiger partial charge in [0.25, 0.3) is 0 Å². The van der Waals surface area contributed by atoms with Crippen molar-refractivity contribution in [2.45, 2.75) is 17.2 Å². The molecule has 0 saturated carbocycles. The van der Waals surface area contributed by atoms with Gasteiger partial charge in [-0.25, -0.2) is 4.79 Å². The van der Waals surface area contributed by atoms with E-state index in [0.717, 1.165) is 0 Å². The van der Waals surface area contributed by atoms with Crippen LogP contribution in [0.3, 0.4) is 0 Å². The standard InChI is InChI=1S/C11H6F6O2S/c1-2-7(18)19-5-3-4-6(20)9(11(15,16)17)8(5)10(12,13)14/h2-4,20H,1H2. The first kappa shape index (κ1) is 16.4. The molecule has 2 nitrogen and oxygen atoms in total. The maximum atomic E-state index is 12.8. The van der Waals surface area contributed by atoms with Gasteiger partial charge in [-0.15, -0.1) is 12.6 Å². The molecule has 0 aromatic heterocycles. The number of esters is 1. The molecule has 0 aliphatic carbocycles. The molecular formula is C11H6F6O2S. The molecule has 1 aromatic rings. The van der Waals surface area contributed by atoms with Crippen molar-refractivity contribution in [1.82, 2.24) is 0 Å². The van der Waals surface area contributed by atoms with E-state index >= 15 is 0 Å². The maximum Gasteiger partial charge on any atom is 0.420 e. The number of alkyl halides is 6.